The van der Waals surface area contributed by atoms with Gasteiger partial charge in [-0.05, 0) is 59.4 Å². The van der Waals surface area contributed by atoms with E-state index in [0.717, 1.165) is 38.9 Å². The number of benzene rings is 5. The van der Waals surface area contributed by atoms with Crippen molar-refractivity contribution in [3.63, 3.8) is 0 Å². The van der Waals surface area contributed by atoms with Crippen molar-refractivity contribution in [2.24, 2.45) is 0 Å². The van der Waals surface area contributed by atoms with Gasteiger partial charge in [0.2, 0.25) is 5.82 Å². The monoisotopic (exact) mass is 786 g/mol. The van der Waals surface area contributed by atoms with Crippen molar-refractivity contribution < 1.29 is 23.5 Å². The van der Waals surface area contributed by atoms with E-state index in [1.165, 1.54) is 0 Å². The number of tetrazole rings is 1. The van der Waals surface area contributed by atoms with E-state index in [0.29, 0.717) is 18.1 Å². The molecule has 0 fully saturated rings. The summed E-state index contributed by atoms with van der Waals surface area (Å²) in [6.45, 7) is 6.57. The zero-order valence-corrected chi connectivity index (χ0v) is 33.1. The van der Waals surface area contributed by atoms with Crippen LogP contribution in [0.4, 0.5) is 0 Å². The van der Waals surface area contributed by atoms with Crippen LogP contribution in [0.1, 0.15) is 76.6 Å². The van der Waals surface area contributed by atoms with Gasteiger partial charge in [0.05, 0.1) is 0 Å². The van der Waals surface area contributed by atoms with E-state index in [1.54, 1.807) is 30.1 Å². The maximum absolute atomic E-state index is 13.7. The molecule has 5 aromatic carbocycles. The average molecular weight is 787 g/mol. The zero-order chi connectivity index (χ0) is 41.1. The van der Waals surface area contributed by atoms with E-state index in [9.17, 15) is 14.7 Å². The summed E-state index contributed by atoms with van der Waals surface area (Å²) in [5.41, 5.74) is 4.42. The third-order valence-corrected chi connectivity index (χ3v) is 10.4. The van der Waals surface area contributed by atoms with Gasteiger partial charge < -0.3 is 23.2 Å². The summed E-state index contributed by atoms with van der Waals surface area (Å²) in [6, 6.07) is 46.6. The molecule has 296 valence electrons. The SMILES string of the molecule is CCc1nc(C(C)(C)O)c(C(=O)OCc2oc(=O)oc2C)n1Cc1ccc(-c2ccccc2-c2nnn(C(c3ccccc3)(c3ccccc3)c3ccccc3)n2)cc1. The van der Waals surface area contributed by atoms with Gasteiger partial charge in [-0.1, -0.05) is 146 Å². The molecule has 0 saturated carbocycles. The number of hydrogen-bond acceptors (Lipinski definition) is 10. The minimum absolute atomic E-state index is 0.103. The van der Waals surface area contributed by atoms with E-state index >= 15 is 0 Å². The minimum atomic E-state index is -1.45. The Kier molecular flexibility index (Phi) is 10.5. The molecule has 59 heavy (non-hydrogen) atoms. The normalized spacial score (nSPS) is 11.8. The van der Waals surface area contributed by atoms with Crippen molar-refractivity contribution in [3.05, 3.63) is 201 Å². The first-order valence-corrected chi connectivity index (χ1v) is 19.3. The lowest BCUT2D eigenvalue weighted by Gasteiger charge is -2.34. The number of imidazole rings is 1. The summed E-state index contributed by atoms with van der Waals surface area (Å²) in [5.74, 6) is -0.217. The van der Waals surface area contributed by atoms with Gasteiger partial charge in [0, 0.05) is 18.5 Å². The number of aryl methyl sites for hydroxylation is 2. The molecule has 0 atom stereocenters. The predicted molar refractivity (Wildman–Crippen MR) is 220 cm³/mol. The van der Waals surface area contributed by atoms with Gasteiger partial charge in [-0.3, -0.25) is 0 Å². The quantitative estimate of drug-likeness (QED) is 0.0897. The Balaban J connectivity index is 1.14. The van der Waals surface area contributed by atoms with Crippen LogP contribution >= 0.6 is 0 Å². The fraction of sp³-hybridized carbons (Fsp3) is 0.191. The summed E-state index contributed by atoms with van der Waals surface area (Å²) in [5, 5.41) is 25.7. The molecule has 3 aromatic heterocycles. The number of esters is 1. The molecular formula is C47H42N6O6. The van der Waals surface area contributed by atoms with Crippen molar-refractivity contribution in [2.45, 2.75) is 58.4 Å². The van der Waals surface area contributed by atoms with Crippen molar-refractivity contribution in [1.82, 2.24) is 29.8 Å². The smallest absolute Gasteiger partial charge is 0.453 e. The molecule has 0 spiro atoms. The Hall–Kier alpha value is -7.18. The summed E-state index contributed by atoms with van der Waals surface area (Å²) in [6.07, 6.45) is 0.491. The number of aliphatic hydroxyl groups is 1. The summed E-state index contributed by atoms with van der Waals surface area (Å²) in [7, 11) is 0. The number of carbonyl (C=O) groups is 1. The molecule has 12 nitrogen and oxygen atoms in total. The van der Waals surface area contributed by atoms with Crippen LogP contribution < -0.4 is 5.82 Å². The second kappa shape index (κ2) is 16.0. The highest BCUT2D eigenvalue weighted by Gasteiger charge is 2.41. The molecule has 3 heterocycles. The number of rotatable bonds is 13. The largest absolute Gasteiger partial charge is 0.519 e. The van der Waals surface area contributed by atoms with Crippen molar-refractivity contribution in [3.8, 4) is 22.5 Å². The Bertz CT molecular complexity index is 2670. The van der Waals surface area contributed by atoms with Gasteiger partial charge in [0.15, 0.2) is 29.4 Å². The lowest BCUT2D eigenvalue weighted by Crippen LogP contribution is -2.39. The van der Waals surface area contributed by atoms with E-state index in [2.05, 4.69) is 41.4 Å². The highest BCUT2D eigenvalue weighted by Crippen LogP contribution is 2.40. The molecular weight excluding hydrogens is 745 g/mol. The van der Waals surface area contributed by atoms with Crippen LogP contribution in [-0.4, -0.2) is 40.8 Å². The van der Waals surface area contributed by atoms with Gasteiger partial charge in [-0.2, -0.15) is 0 Å². The highest BCUT2D eigenvalue weighted by molar-refractivity contribution is 5.89. The molecule has 0 unspecified atom stereocenters. The number of hydrogen-bond donors (Lipinski definition) is 1. The lowest BCUT2D eigenvalue weighted by atomic mass is 9.77. The minimum Gasteiger partial charge on any atom is -0.453 e. The third kappa shape index (κ3) is 7.41. The van der Waals surface area contributed by atoms with Crippen LogP contribution in [-0.2, 0) is 35.4 Å². The molecule has 12 heteroatoms. The Labute approximate surface area is 340 Å². The molecule has 0 saturated heterocycles. The van der Waals surface area contributed by atoms with E-state index in [4.69, 9.17) is 29.0 Å². The second-order valence-corrected chi connectivity index (χ2v) is 14.7. The van der Waals surface area contributed by atoms with Crippen LogP contribution in [0, 0.1) is 6.92 Å². The van der Waals surface area contributed by atoms with E-state index in [1.807, 2.05) is 110 Å². The number of ether oxygens (including phenoxy) is 1. The maximum atomic E-state index is 13.7. The number of carbonyl (C=O) groups excluding carboxylic acids is 1. The molecule has 0 aliphatic rings. The van der Waals surface area contributed by atoms with Crippen LogP contribution in [0.5, 0.6) is 0 Å². The molecule has 0 radical (unpaired) electrons. The van der Waals surface area contributed by atoms with Crippen molar-refractivity contribution >= 4 is 5.97 Å². The van der Waals surface area contributed by atoms with E-state index < -0.39 is 22.9 Å². The number of aromatic nitrogens is 6. The molecule has 0 aliphatic heterocycles. The molecule has 8 aromatic rings. The maximum Gasteiger partial charge on any atom is 0.519 e. The fourth-order valence-corrected chi connectivity index (χ4v) is 7.53. The Morgan fingerprint density at radius 2 is 1.32 bits per heavy atom. The first-order valence-electron chi connectivity index (χ1n) is 19.3. The Morgan fingerprint density at radius 1 is 0.763 bits per heavy atom. The second-order valence-electron chi connectivity index (χ2n) is 14.7. The van der Waals surface area contributed by atoms with Crippen LogP contribution in [0.2, 0.25) is 0 Å². The summed E-state index contributed by atoms with van der Waals surface area (Å²) < 4.78 is 17.3. The molecule has 1 N–H and O–H groups in total. The highest BCUT2D eigenvalue weighted by atomic mass is 16.6. The van der Waals surface area contributed by atoms with Gasteiger partial charge in [-0.25, -0.2) is 14.6 Å². The third-order valence-electron chi connectivity index (χ3n) is 10.4. The summed E-state index contributed by atoms with van der Waals surface area (Å²) in [4.78, 5) is 31.7. The zero-order valence-electron chi connectivity index (χ0n) is 33.1. The van der Waals surface area contributed by atoms with Gasteiger partial charge in [0.25, 0.3) is 0 Å². The van der Waals surface area contributed by atoms with Gasteiger partial charge in [0.1, 0.15) is 17.1 Å². The first-order chi connectivity index (χ1) is 28.6. The summed E-state index contributed by atoms with van der Waals surface area (Å²) >= 11 is 0. The fourth-order valence-electron chi connectivity index (χ4n) is 7.53. The van der Waals surface area contributed by atoms with E-state index in [-0.39, 0.29) is 36.1 Å². The molecule has 0 amide bonds. The van der Waals surface area contributed by atoms with Gasteiger partial charge in [-0.15, -0.1) is 15.0 Å². The van der Waals surface area contributed by atoms with Gasteiger partial charge >= 0.3 is 11.8 Å². The van der Waals surface area contributed by atoms with Crippen LogP contribution in [0.25, 0.3) is 22.5 Å². The average Bonchev–Trinajstić information content (AvgIpc) is 3.98. The van der Waals surface area contributed by atoms with Crippen molar-refractivity contribution in [1.29, 1.82) is 0 Å². The van der Waals surface area contributed by atoms with Crippen LogP contribution in [0.15, 0.2) is 153 Å². The Morgan fingerprint density at radius 3 is 1.85 bits per heavy atom. The lowest BCUT2D eigenvalue weighted by molar-refractivity contribution is 0.0395. The van der Waals surface area contributed by atoms with Crippen molar-refractivity contribution in [2.75, 3.05) is 0 Å². The molecule has 8 rings (SSSR count). The molecule has 0 aliphatic carbocycles. The topological polar surface area (TPSA) is 151 Å². The standard InChI is InChI=1S/C47H42N6O6/c1-5-40-48-42(46(3,4)56)41(44(54)57-30-39-31(2)58-45(55)59-39)52(40)29-32-25-27-33(28-26-32)37-23-15-16-24-38(37)43-49-51-53(50-43)47(34-17-9-6-10-18-34,35-19-11-7-12-20-35)36-21-13-8-14-22-36/h6-28,56H,5,29-30H2,1-4H3. The van der Waals surface area contributed by atoms with Crippen LogP contribution in [0.3, 0.4) is 0 Å². The number of nitrogens with zero attached hydrogens (tertiary/aromatic N) is 6. The first kappa shape index (κ1) is 38.7. The predicted octanol–water partition coefficient (Wildman–Crippen LogP) is 8.09. The molecule has 0 bridgehead atoms.